The number of carbonyl (C=O) groups excluding carboxylic acids is 2. The van der Waals surface area contributed by atoms with Crippen molar-refractivity contribution in [2.45, 2.75) is 18.5 Å². The molecule has 3 aromatic rings. The molecule has 0 spiro atoms. The number of carbonyl (C=O) groups is 2. The number of nitrogens with one attached hydrogen (secondary N) is 1. The summed E-state index contributed by atoms with van der Waals surface area (Å²) >= 11 is 1.22. The number of ketones is 1. The quantitative estimate of drug-likeness (QED) is 0.487. The summed E-state index contributed by atoms with van der Waals surface area (Å²) in [7, 11) is 1.75. The number of benzene rings is 2. The minimum absolute atomic E-state index is 0.0733. The normalized spacial score (nSPS) is 10.7. The minimum atomic E-state index is -0.383. The standard InChI is InChI=1S/C20H19FN4O2S/c1-13-3-9-16(10-4-13)22-19(27)11-18-23-24-20(25(18)2)28-12-17(26)14-5-7-15(21)8-6-14/h3-10H,11-12H2,1-2H3,(H,22,27). The second-order valence-electron chi connectivity index (χ2n) is 6.27. The fourth-order valence-electron chi connectivity index (χ4n) is 2.46. The van der Waals surface area contributed by atoms with Gasteiger partial charge in [0.15, 0.2) is 10.9 Å². The van der Waals surface area contributed by atoms with E-state index in [0.29, 0.717) is 16.5 Å². The molecule has 0 saturated heterocycles. The lowest BCUT2D eigenvalue weighted by Gasteiger charge is -2.06. The Morgan fingerprint density at radius 2 is 1.75 bits per heavy atom. The number of hydrogen-bond donors (Lipinski definition) is 1. The Balaban J connectivity index is 1.57. The van der Waals surface area contributed by atoms with Crippen molar-refractivity contribution >= 4 is 29.1 Å². The number of anilines is 1. The van der Waals surface area contributed by atoms with Crippen molar-refractivity contribution in [2.24, 2.45) is 7.05 Å². The van der Waals surface area contributed by atoms with Crippen LogP contribution in [0.5, 0.6) is 0 Å². The van der Waals surface area contributed by atoms with Crippen LogP contribution in [0.2, 0.25) is 0 Å². The smallest absolute Gasteiger partial charge is 0.232 e. The maximum atomic E-state index is 12.9. The summed E-state index contributed by atoms with van der Waals surface area (Å²) in [6, 6.07) is 12.9. The molecule has 0 bridgehead atoms. The molecule has 8 heteroatoms. The number of nitrogens with zero attached hydrogens (tertiary/aromatic N) is 3. The van der Waals surface area contributed by atoms with Gasteiger partial charge in [-0.05, 0) is 43.3 Å². The molecule has 1 amide bonds. The van der Waals surface area contributed by atoms with Crippen LogP contribution in [0.4, 0.5) is 10.1 Å². The topological polar surface area (TPSA) is 76.9 Å². The van der Waals surface area contributed by atoms with Crippen LogP contribution in [0.25, 0.3) is 0 Å². The molecule has 3 rings (SSSR count). The number of aromatic nitrogens is 3. The van der Waals surface area contributed by atoms with Crippen LogP contribution in [0, 0.1) is 12.7 Å². The molecule has 6 nitrogen and oxygen atoms in total. The average Bonchev–Trinajstić information content (AvgIpc) is 3.02. The molecular formula is C20H19FN4O2S. The van der Waals surface area contributed by atoms with Crippen LogP contribution in [0.1, 0.15) is 21.7 Å². The number of halogens is 1. The Kier molecular flexibility index (Phi) is 6.20. The Morgan fingerprint density at radius 3 is 2.43 bits per heavy atom. The number of aryl methyl sites for hydroxylation is 1. The zero-order valence-electron chi connectivity index (χ0n) is 15.5. The van der Waals surface area contributed by atoms with Gasteiger partial charge < -0.3 is 9.88 Å². The summed E-state index contributed by atoms with van der Waals surface area (Å²) in [4.78, 5) is 24.4. The maximum Gasteiger partial charge on any atom is 0.232 e. The fraction of sp³-hybridized carbons (Fsp3) is 0.200. The largest absolute Gasteiger partial charge is 0.326 e. The van der Waals surface area contributed by atoms with Crippen molar-refractivity contribution in [3.8, 4) is 0 Å². The SMILES string of the molecule is Cc1ccc(NC(=O)Cc2nnc(SCC(=O)c3ccc(F)cc3)n2C)cc1. The number of amides is 1. The molecule has 144 valence electrons. The van der Waals surface area contributed by atoms with Crippen LogP contribution in [0.15, 0.2) is 53.7 Å². The van der Waals surface area contributed by atoms with Crippen molar-refractivity contribution in [3.63, 3.8) is 0 Å². The first kappa shape index (κ1) is 19.8. The van der Waals surface area contributed by atoms with Gasteiger partial charge >= 0.3 is 0 Å². The summed E-state index contributed by atoms with van der Waals surface area (Å²) in [6.07, 6.45) is 0.0733. The van der Waals surface area contributed by atoms with Crippen LogP contribution in [-0.2, 0) is 18.3 Å². The molecule has 0 atom stereocenters. The van der Waals surface area contributed by atoms with E-state index >= 15 is 0 Å². The highest BCUT2D eigenvalue weighted by Crippen LogP contribution is 2.18. The van der Waals surface area contributed by atoms with Crippen molar-refractivity contribution in [3.05, 3.63) is 71.3 Å². The maximum absolute atomic E-state index is 12.9. The molecule has 0 aliphatic heterocycles. The Labute approximate surface area is 166 Å². The number of Topliss-reactive ketones (excluding diaryl/α,β-unsaturated/α-hetero) is 1. The zero-order valence-corrected chi connectivity index (χ0v) is 16.3. The van der Waals surface area contributed by atoms with Gasteiger partial charge in [0.2, 0.25) is 5.91 Å². The highest BCUT2D eigenvalue weighted by molar-refractivity contribution is 7.99. The Bertz CT molecular complexity index is 984. The van der Waals surface area contributed by atoms with Gasteiger partial charge in [0.25, 0.3) is 0 Å². The van der Waals surface area contributed by atoms with Gasteiger partial charge in [-0.3, -0.25) is 9.59 Å². The molecule has 1 N–H and O–H groups in total. The third kappa shape index (κ3) is 5.04. The molecule has 28 heavy (non-hydrogen) atoms. The first-order valence-corrected chi connectivity index (χ1v) is 9.57. The van der Waals surface area contributed by atoms with Crippen LogP contribution in [0.3, 0.4) is 0 Å². The highest BCUT2D eigenvalue weighted by atomic mass is 32.2. The van der Waals surface area contributed by atoms with Gasteiger partial charge in [0.1, 0.15) is 11.6 Å². The highest BCUT2D eigenvalue weighted by Gasteiger charge is 2.15. The van der Waals surface area contributed by atoms with E-state index < -0.39 is 0 Å². The molecule has 0 aliphatic carbocycles. The molecule has 1 aromatic heterocycles. The van der Waals surface area contributed by atoms with Crippen molar-refractivity contribution in [1.29, 1.82) is 0 Å². The lowest BCUT2D eigenvalue weighted by Crippen LogP contribution is -2.17. The number of hydrogen-bond acceptors (Lipinski definition) is 5. The molecule has 0 fully saturated rings. The zero-order chi connectivity index (χ0) is 20.1. The van der Waals surface area contributed by atoms with E-state index in [1.165, 1.54) is 36.0 Å². The van der Waals surface area contributed by atoms with E-state index in [9.17, 15) is 14.0 Å². The fourth-order valence-corrected chi connectivity index (χ4v) is 3.28. The third-order valence-corrected chi connectivity index (χ3v) is 5.10. The molecule has 0 unspecified atom stereocenters. The lowest BCUT2D eigenvalue weighted by atomic mass is 10.1. The monoisotopic (exact) mass is 398 g/mol. The minimum Gasteiger partial charge on any atom is -0.326 e. The van der Waals surface area contributed by atoms with E-state index in [0.717, 1.165) is 11.3 Å². The summed E-state index contributed by atoms with van der Waals surface area (Å²) in [6.45, 7) is 1.98. The van der Waals surface area contributed by atoms with Gasteiger partial charge in [-0.25, -0.2) is 4.39 Å². The van der Waals surface area contributed by atoms with Crippen molar-refractivity contribution in [2.75, 3.05) is 11.1 Å². The van der Waals surface area contributed by atoms with Gasteiger partial charge in [0, 0.05) is 18.3 Å². The predicted octanol–water partition coefficient (Wildman–Crippen LogP) is 3.42. The summed E-state index contributed by atoms with van der Waals surface area (Å²) in [5.41, 5.74) is 2.27. The first-order chi connectivity index (χ1) is 13.4. The molecule has 0 aliphatic rings. The summed E-state index contributed by atoms with van der Waals surface area (Å²) in [5, 5.41) is 11.4. The second kappa shape index (κ2) is 8.79. The van der Waals surface area contributed by atoms with E-state index in [1.807, 2.05) is 31.2 Å². The molecule has 0 radical (unpaired) electrons. The van der Waals surface area contributed by atoms with E-state index in [4.69, 9.17) is 0 Å². The summed E-state index contributed by atoms with van der Waals surface area (Å²) in [5.74, 6) is -0.0648. The first-order valence-electron chi connectivity index (χ1n) is 8.59. The third-order valence-electron chi connectivity index (χ3n) is 4.08. The summed E-state index contributed by atoms with van der Waals surface area (Å²) < 4.78 is 14.6. The van der Waals surface area contributed by atoms with Crippen LogP contribution >= 0.6 is 11.8 Å². The molecule has 1 heterocycles. The lowest BCUT2D eigenvalue weighted by molar-refractivity contribution is -0.115. The van der Waals surface area contributed by atoms with Gasteiger partial charge in [-0.15, -0.1) is 10.2 Å². The van der Waals surface area contributed by atoms with Crippen LogP contribution in [-0.4, -0.2) is 32.2 Å². The predicted molar refractivity (Wildman–Crippen MR) is 106 cm³/mol. The Hall–Kier alpha value is -3.00. The van der Waals surface area contributed by atoms with Gasteiger partial charge in [0.05, 0.1) is 12.2 Å². The molecule has 0 saturated carbocycles. The second-order valence-corrected chi connectivity index (χ2v) is 7.21. The molecule has 2 aromatic carbocycles. The van der Waals surface area contributed by atoms with Crippen LogP contribution < -0.4 is 5.32 Å². The van der Waals surface area contributed by atoms with Crippen molar-refractivity contribution < 1.29 is 14.0 Å². The van der Waals surface area contributed by atoms with E-state index in [1.54, 1.807) is 11.6 Å². The average molecular weight is 398 g/mol. The van der Waals surface area contributed by atoms with E-state index in [2.05, 4.69) is 15.5 Å². The van der Waals surface area contributed by atoms with Gasteiger partial charge in [-0.2, -0.15) is 0 Å². The molecular weight excluding hydrogens is 379 g/mol. The van der Waals surface area contributed by atoms with Crippen molar-refractivity contribution in [1.82, 2.24) is 14.8 Å². The Morgan fingerprint density at radius 1 is 1.07 bits per heavy atom. The number of thioether (sulfide) groups is 1. The number of rotatable bonds is 7. The van der Waals surface area contributed by atoms with Gasteiger partial charge in [-0.1, -0.05) is 29.5 Å². The van der Waals surface area contributed by atoms with E-state index in [-0.39, 0.29) is 29.7 Å².